The van der Waals surface area contributed by atoms with Crippen LogP contribution in [0.1, 0.15) is 36.7 Å². The SMILES string of the molecule is c1ccc2nc(N3CC[C@@H](n4cnc5c4CCCC5)C3)cnc2c1. The number of para-hydroxylation sites is 2. The van der Waals surface area contributed by atoms with Crippen LogP contribution in [-0.4, -0.2) is 32.6 Å². The molecule has 1 aromatic carbocycles. The highest BCUT2D eigenvalue weighted by Crippen LogP contribution is 2.30. The molecule has 5 nitrogen and oxygen atoms in total. The molecular formula is C19H21N5. The number of imidazole rings is 1. The smallest absolute Gasteiger partial charge is 0.147 e. The van der Waals surface area contributed by atoms with E-state index in [-0.39, 0.29) is 0 Å². The number of aryl methyl sites for hydroxylation is 1. The first-order valence-corrected chi connectivity index (χ1v) is 8.90. The summed E-state index contributed by atoms with van der Waals surface area (Å²) in [6.07, 6.45) is 10.0. The Hall–Kier alpha value is -2.43. The summed E-state index contributed by atoms with van der Waals surface area (Å²) in [4.78, 5) is 16.4. The molecular weight excluding hydrogens is 298 g/mol. The van der Waals surface area contributed by atoms with Gasteiger partial charge < -0.3 is 9.47 Å². The van der Waals surface area contributed by atoms with Gasteiger partial charge in [-0.25, -0.2) is 9.97 Å². The number of nitrogens with zero attached hydrogens (tertiary/aromatic N) is 5. The number of aromatic nitrogens is 4. The predicted octanol–water partition coefficient (Wildman–Crippen LogP) is 3.16. The minimum Gasteiger partial charge on any atom is -0.353 e. The average molecular weight is 319 g/mol. The van der Waals surface area contributed by atoms with Crippen LogP contribution in [0.25, 0.3) is 11.0 Å². The quantitative estimate of drug-likeness (QED) is 0.728. The molecule has 2 aromatic heterocycles. The first-order valence-electron chi connectivity index (χ1n) is 8.90. The number of anilines is 1. The first kappa shape index (κ1) is 14.0. The fourth-order valence-electron chi connectivity index (χ4n) is 4.08. The van der Waals surface area contributed by atoms with Crippen molar-refractivity contribution in [1.29, 1.82) is 0 Å². The summed E-state index contributed by atoms with van der Waals surface area (Å²) in [5.41, 5.74) is 4.72. The highest BCUT2D eigenvalue weighted by molar-refractivity contribution is 5.75. The van der Waals surface area contributed by atoms with Gasteiger partial charge in [0.2, 0.25) is 0 Å². The number of rotatable bonds is 2. The molecule has 2 aliphatic rings. The van der Waals surface area contributed by atoms with E-state index in [0.29, 0.717) is 6.04 Å². The minimum absolute atomic E-state index is 0.507. The molecule has 0 radical (unpaired) electrons. The van der Waals surface area contributed by atoms with E-state index in [1.54, 1.807) is 0 Å². The molecule has 0 spiro atoms. The number of benzene rings is 1. The van der Waals surface area contributed by atoms with Crippen molar-refractivity contribution in [2.75, 3.05) is 18.0 Å². The van der Waals surface area contributed by atoms with Gasteiger partial charge in [0.15, 0.2) is 0 Å². The summed E-state index contributed by atoms with van der Waals surface area (Å²) in [7, 11) is 0. The molecule has 5 heteroatoms. The Bertz CT molecular complexity index is 884. The van der Waals surface area contributed by atoms with E-state index >= 15 is 0 Å². The van der Waals surface area contributed by atoms with E-state index in [1.165, 1.54) is 30.7 Å². The molecule has 122 valence electrons. The van der Waals surface area contributed by atoms with Gasteiger partial charge in [0.1, 0.15) is 5.82 Å². The highest BCUT2D eigenvalue weighted by Gasteiger charge is 2.28. The van der Waals surface area contributed by atoms with E-state index in [4.69, 9.17) is 4.98 Å². The molecule has 0 N–H and O–H groups in total. The fraction of sp³-hybridized carbons (Fsp3) is 0.421. The lowest BCUT2D eigenvalue weighted by atomic mass is 10.0. The molecule has 0 bridgehead atoms. The van der Waals surface area contributed by atoms with Gasteiger partial charge in [-0.1, -0.05) is 12.1 Å². The van der Waals surface area contributed by atoms with Gasteiger partial charge in [-0.3, -0.25) is 4.98 Å². The molecule has 3 aromatic rings. The Kier molecular flexibility index (Phi) is 3.25. The number of hydrogen-bond donors (Lipinski definition) is 0. The van der Waals surface area contributed by atoms with E-state index in [1.807, 2.05) is 30.5 Å². The van der Waals surface area contributed by atoms with Gasteiger partial charge in [-0.15, -0.1) is 0 Å². The first-order chi connectivity index (χ1) is 11.9. The van der Waals surface area contributed by atoms with Gasteiger partial charge >= 0.3 is 0 Å². The van der Waals surface area contributed by atoms with Crippen molar-refractivity contribution in [2.24, 2.45) is 0 Å². The third kappa shape index (κ3) is 2.27. The Morgan fingerprint density at radius 2 is 1.88 bits per heavy atom. The van der Waals surface area contributed by atoms with Crippen molar-refractivity contribution >= 4 is 16.9 Å². The second-order valence-electron chi connectivity index (χ2n) is 6.86. The second kappa shape index (κ2) is 5.58. The average Bonchev–Trinajstić information content (AvgIpc) is 3.28. The summed E-state index contributed by atoms with van der Waals surface area (Å²) in [6.45, 7) is 2.03. The molecule has 24 heavy (non-hydrogen) atoms. The summed E-state index contributed by atoms with van der Waals surface area (Å²) >= 11 is 0. The second-order valence-corrected chi connectivity index (χ2v) is 6.86. The third-order valence-electron chi connectivity index (χ3n) is 5.38. The fourth-order valence-corrected chi connectivity index (χ4v) is 4.08. The Balaban J connectivity index is 1.41. The Morgan fingerprint density at radius 3 is 2.83 bits per heavy atom. The van der Waals surface area contributed by atoms with Crippen LogP contribution in [0.5, 0.6) is 0 Å². The van der Waals surface area contributed by atoms with E-state index in [0.717, 1.165) is 42.8 Å². The standard InChI is InChI=1S/C19H21N5/c1-2-6-16-15(5-1)20-11-19(22-16)23-10-9-14(12-23)24-13-21-17-7-3-4-8-18(17)24/h1-2,5-6,11,13-14H,3-4,7-10,12H2/t14-/m1/s1. The van der Waals surface area contributed by atoms with Gasteiger partial charge in [0.25, 0.3) is 0 Å². The van der Waals surface area contributed by atoms with Crippen LogP contribution in [0.2, 0.25) is 0 Å². The zero-order valence-corrected chi connectivity index (χ0v) is 13.7. The van der Waals surface area contributed by atoms with Crippen molar-refractivity contribution in [2.45, 2.75) is 38.1 Å². The summed E-state index contributed by atoms with van der Waals surface area (Å²) in [5, 5.41) is 0. The lowest BCUT2D eigenvalue weighted by molar-refractivity contribution is 0.515. The van der Waals surface area contributed by atoms with Crippen LogP contribution in [0, 0.1) is 0 Å². The summed E-state index contributed by atoms with van der Waals surface area (Å²) in [5.74, 6) is 0.991. The van der Waals surface area contributed by atoms with Crippen molar-refractivity contribution < 1.29 is 0 Å². The molecule has 3 heterocycles. The van der Waals surface area contributed by atoms with Crippen molar-refractivity contribution in [1.82, 2.24) is 19.5 Å². The molecule has 1 aliphatic heterocycles. The van der Waals surface area contributed by atoms with Crippen LogP contribution < -0.4 is 4.90 Å². The van der Waals surface area contributed by atoms with Crippen LogP contribution in [0.15, 0.2) is 36.8 Å². The third-order valence-corrected chi connectivity index (χ3v) is 5.38. The van der Waals surface area contributed by atoms with Crippen LogP contribution >= 0.6 is 0 Å². The Labute approximate surface area is 141 Å². The number of hydrogen-bond acceptors (Lipinski definition) is 4. The van der Waals surface area contributed by atoms with Gasteiger partial charge in [-0.2, -0.15) is 0 Å². The maximum atomic E-state index is 4.80. The van der Waals surface area contributed by atoms with Crippen molar-refractivity contribution in [3.63, 3.8) is 0 Å². The summed E-state index contributed by atoms with van der Waals surface area (Å²) < 4.78 is 2.43. The van der Waals surface area contributed by atoms with Crippen LogP contribution in [0.4, 0.5) is 5.82 Å². The molecule has 1 fully saturated rings. The van der Waals surface area contributed by atoms with E-state index < -0.39 is 0 Å². The molecule has 1 atom stereocenters. The zero-order valence-electron chi connectivity index (χ0n) is 13.7. The van der Waals surface area contributed by atoms with Crippen molar-refractivity contribution in [3.8, 4) is 0 Å². The highest BCUT2D eigenvalue weighted by atomic mass is 15.3. The predicted molar refractivity (Wildman–Crippen MR) is 94.3 cm³/mol. The lowest BCUT2D eigenvalue weighted by Gasteiger charge is -2.20. The number of fused-ring (bicyclic) bond motifs is 2. The summed E-state index contributed by atoms with van der Waals surface area (Å²) in [6, 6.07) is 8.57. The molecule has 1 saturated heterocycles. The lowest BCUT2D eigenvalue weighted by Crippen LogP contribution is -2.22. The molecule has 0 saturated carbocycles. The molecule has 1 aliphatic carbocycles. The molecule has 0 unspecified atom stereocenters. The van der Waals surface area contributed by atoms with E-state index in [2.05, 4.69) is 25.8 Å². The minimum atomic E-state index is 0.507. The van der Waals surface area contributed by atoms with Crippen LogP contribution in [0.3, 0.4) is 0 Å². The zero-order chi connectivity index (χ0) is 15.9. The largest absolute Gasteiger partial charge is 0.353 e. The maximum Gasteiger partial charge on any atom is 0.147 e. The monoisotopic (exact) mass is 319 g/mol. The van der Waals surface area contributed by atoms with E-state index in [9.17, 15) is 0 Å². The van der Waals surface area contributed by atoms with Gasteiger partial charge in [-0.05, 0) is 44.2 Å². The van der Waals surface area contributed by atoms with Gasteiger partial charge in [0.05, 0.1) is 35.3 Å². The normalized spacial score (nSPS) is 20.5. The molecule has 0 amide bonds. The van der Waals surface area contributed by atoms with Crippen LogP contribution in [-0.2, 0) is 12.8 Å². The maximum absolute atomic E-state index is 4.80. The van der Waals surface area contributed by atoms with Gasteiger partial charge in [0, 0.05) is 18.8 Å². The Morgan fingerprint density at radius 1 is 1.00 bits per heavy atom. The molecule has 5 rings (SSSR count). The van der Waals surface area contributed by atoms with Crippen molar-refractivity contribution in [3.05, 3.63) is 48.2 Å². The topological polar surface area (TPSA) is 46.8 Å².